The molecule has 0 radical (unpaired) electrons. The molecule has 0 N–H and O–H groups in total. The molecule has 1 nitrogen and oxygen atoms in total. The molecule has 0 atom stereocenters. The second-order valence-corrected chi connectivity index (χ2v) is 12.6. The van der Waals surface area contributed by atoms with Gasteiger partial charge in [0.25, 0.3) is 0 Å². The van der Waals surface area contributed by atoms with Gasteiger partial charge in [0, 0.05) is 27.1 Å². The average Bonchev–Trinajstić information content (AvgIpc) is 3.45. The van der Waals surface area contributed by atoms with Crippen molar-refractivity contribution >= 4 is 11.6 Å². The zero-order chi connectivity index (χ0) is 28.2. The Morgan fingerprint density at radius 2 is 0.976 bits per heavy atom. The Hall–Kier alpha value is -4.59. The highest BCUT2D eigenvalue weighted by molar-refractivity contribution is 6.31. The molecule has 0 amide bonds. The molecule has 200 valence electrons. The van der Waals surface area contributed by atoms with Crippen LogP contribution >= 0.6 is 11.6 Å². The number of hydrogen-bond donors (Lipinski definition) is 0. The maximum Gasteiger partial charge on any atom is 0.140 e. The fourth-order valence-electron chi connectivity index (χ4n) is 8.19. The molecular weight excluding hydrogens is 532 g/mol. The van der Waals surface area contributed by atoms with Crippen LogP contribution in [0.15, 0.2) is 127 Å². The normalized spacial score (nSPS) is 15.6. The van der Waals surface area contributed by atoms with Crippen LogP contribution in [0.2, 0.25) is 5.02 Å². The fraction of sp³-hybridized carbons (Fsp3) is 0.100. The molecule has 6 aromatic rings. The van der Waals surface area contributed by atoms with E-state index in [-0.39, 0.29) is 5.41 Å². The van der Waals surface area contributed by atoms with Crippen molar-refractivity contribution in [1.82, 2.24) is 0 Å². The van der Waals surface area contributed by atoms with Gasteiger partial charge in [0.1, 0.15) is 11.5 Å². The first-order chi connectivity index (χ1) is 20.5. The number of fused-ring (bicyclic) bond motifs is 12. The van der Waals surface area contributed by atoms with E-state index in [9.17, 15) is 0 Å². The quantitative estimate of drug-likeness (QED) is 0.195. The first kappa shape index (κ1) is 24.1. The summed E-state index contributed by atoms with van der Waals surface area (Å²) >= 11 is 7.13. The number of para-hydroxylation sites is 1. The lowest BCUT2D eigenvalue weighted by atomic mass is 9.65. The van der Waals surface area contributed by atoms with Gasteiger partial charge in [0.2, 0.25) is 0 Å². The van der Waals surface area contributed by atoms with E-state index in [1.54, 1.807) is 0 Å². The molecule has 0 aromatic heterocycles. The molecule has 2 aliphatic carbocycles. The lowest BCUT2D eigenvalue weighted by molar-refractivity contribution is 0.438. The molecule has 0 fully saturated rings. The van der Waals surface area contributed by atoms with E-state index >= 15 is 0 Å². The SMILES string of the molecule is CC1(C)c2ccccc2-c2cccc(-c3cc(Cl)cc4c3Oc3ccccc3C43c4ccccc4-c4ccccc43)c21. The maximum atomic E-state index is 7.13. The molecule has 1 aliphatic heterocycles. The Labute approximate surface area is 251 Å². The van der Waals surface area contributed by atoms with Crippen LogP contribution in [0.25, 0.3) is 33.4 Å². The molecule has 9 rings (SSSR count). The first-order valence-electron chi connectivity index (χ1n) is 14.6. The van der Waals surface area contributed by atoms with E-state index in [0.29, 0.717) is 5.02 Å². The van der Waals surface area contributed by atoms with Crippen LogP contribution in [-0.4, -0.2) is 0 Å². The highest BCUT2D eigenvalue weighted by Crippen LogP contribution is 2.64. The maximum absolute atomic E-state index is 7.13. The number of halogens is 1. The molecule has 1 heterocycles. The Morgan fingerprint density at radius 3 is 1.64 bits per heavy atom. The molecular formula is C40H27ClO. The highest BCUT2D eigenvalue weighted by Gasteiger charge is 2.52. The minimum absolute atomic E-state index is 0.172. The van der Waals surface area contributed by atoms with Crippen molar-refractivity contribution in [3.8, 4) is 44.9 Å². The molecule has 0 saturated heterocycles. The van der Waals surface area contributed by atoms with Crippen LogP contribution in [0, 0.1) is 0 Å². The Bertz CT molecular complexity index is 2070. The lowest BCUT2D eigenvalue weighted by Crippen LogP contribution is -2.32. The second kappa shape index (κ2) is 8.25. The van der Waals surface area contributed by atoms with Crippen molar-refractivity contribution in [3.05, 3.63) is 166 Å². The van der Waals surface area contributed by atoms with Crippen molar-refractivity contribution < 1.29 is 4.74 Å². The van der Waals surface area contributed by atoms with Crippen LogP contribution in [0.3, 0.4) is 0 Å². The highest BCUT2D eigenvalue weighted by atomic mass is 35.5. The average molecular weight is 559 g/mol. The van der Waals surface area contributed by atoms with Crippen molar-refractivity contribution in [3.63, 3.8) is 0 Å². The van der Waals surface area contributed by atoms with E-state index in [2.05, 4.69) is 141 Å². The summed E-state index contributed by atoms with van der Waals surface area (Å²) in [5, 5.41) is 0.707. The van der Waals surface area contributed by atoms with Gasteiger partial charge in [-0.05, 0) is 68.3 Å². The van der Waals surface area contributed by atoms with E-state index in [1.165, 1.54) is 50.1 Å². The van der Waals surface area contributed by atoms with Gasteiger partial charge in [-0.1, -0.05) is 135 Å². The van der Waals surface area contributed by atoms with Gasteiger partial charge >= 0.3 is 0 Å². The lowest BCUT2D eigenvalue weighted by Gasteiger charge is -2.40. The number of hydrogen-bond acceptors (Lipinski definition) is 1. The summed E-state index contributed by atoms with van der Waals surface area (Å²) in [5.74, 6) is 1.76. The molecule has 0 saturated carbocycles. The van der Waals surface area contributed by atoms with Gasteiger partial charge < -0.3 is 4.74 Å². The van der Waals surface area contributed by atoms with E-state index in [0.717, 1.165) is 28.2 Å². The molecule has 0 bridgehead atoms. The van der Waals surface area contributed by atoms with Crippen molar-refractivity contribution in [2.45, 2.75) is 24.7 Å². The second-order valence-electron chi connectivity index (χ2n) is 12.2. The standard InChI is InChI=1S/C40H27ClO/c1-39(2)31-17-6-3-14-27(31)28-15-11-16-29(37(28)39)30-22-24(41)23-35-38(30)42-36-21-10-9-20-34(36)40(35)32-18-7-4-12-25(32)26-13-5-8-19-33(26)40/h3-23H,1-2H3. The van der Waals surface area contributed by atoms with Gasteiger partial charge in [0.05, 0.1) is 5.41 Å². The van der Waals surface area contributed by atoms with Crippen molar-refractivity contribution in [2.24, 2.45) is 0 Å². The Morgan fingerprint density at radius 1 is 0.476 bits per heavy atom. The first-order valence-corrected chi connectivity index (χ1v) is 14.9. The molecule has 1 spiro atoms. The van der Waals surface area contributed by atoms with Crippen LogP contribution < -0.4 is 4.74 Å². The number of ether oxygens (including phenoxy) is 1. The van der Waals surface area contributed by atoms with Crippen molar-refractivity contribution in [1.29, 1.82) is 0 Å². The van der Waals surface area contributed by atoms with Crippen LogP contribution in [-0.2, 0) is 10.8 Å². The van der Waals surface area contributed by atoms with Crippen LogP contribution in [0.1, 0.15) is 47.2 Å². The topological polar surface area (TPSA) is 9.23 Å². The van der Waals surface area contributed by atoms with Gasteiger partial charge in [-0.15, -0.1) is 0 Å². The van der Waals surface area contributed by atoms with Gasteiger partial charge in [-0.2, -0.15) is 0 Å². The van der Waals surface area contributed by atoms with Gasteiger partial charge in [0.15, 0.2) is 0 Å². The van der Waals surface area contributed by atoms with E-state index in [1.807, 2.05) is 0 Å². The third kappa shape index (κ3) is 2.84. The monoisotopic (exact) mass is 558 g/mol. The van der Waals surface area contributed by atoms with Gasteiger partial charge in [-0.25, -0.2) is 0 Å². The zero-order valence-corrected chi connectivity index (χ0v) is 24.2. The smallest absolute Gasteiger partial charge is 0.140 e. The number of benzene rings is 6. The predicted molar refractivity (Wildman–Crippen MR) is 172 cm³/mol. The van der Waals surface area contributed by atoms with Gasteiger partial charge in [-0.3, -0.25) is 0 Å². The third-order valence-corrected chi connectivity index (χ3v) is 10.0. The van der Waals surface area contributed by atoms with Crippen molar-refractivity contribution in [2.75, 3.05) is 0 Å². The van der Waals surface area contributed by atoms with E-state index < -0.39 is 5.41 Å². The summed E-state index contributed by atoms with van der Waals surface area (Å²) in [6.07, 6.45) is 0. The largest absolute Gasteiger partial charge is 0.456 e. The minimum atomic E-state index is -0.548. The summed E-state index contributed by atoms with van der Waals surface area (Å²) < 4.78 is 6.98. The minimum Gasteiger partial charge on any atom is -0.456 e. The third-order valence-electron chi connectivity index (χ3n) is 9.78. The summed E-state index contributed by atoms with van der Waals surface area (Å²) in [4.78, 5) is 0. The molecule has 42 heavy (non-hydrogen) atoms. The summed E-state index contributed by atoms with van der Waals surface area (Å²) in [6.45, 7) is 4.67. The summed E-state index contributed by atoms with van der Waals surface area (Å²) in [6, 6.07) is 45.8. The number of rotatable bonds is 1. The summed E-state index contributed by atoms with van der Waals surface area (Å²) in [5.41, 5.74) is 14.0. The summed E-state index contributed by atoms with van der Waals surface area (Å²) in [7, 11) is 0. The molecule has 6 aromatic carbocycles. The fourth-order valence-corrected chi connectivity index (χ4v) is 8.41. The molecule has 0 unspecified atom stereocenters. The predicted octanol–water partition coefficient (Wildman–Crippen LogP) is 10.8. The zero-order valence-electron chi connectivity index (χ0n) is 23.4. The van der Waals surface area contributed by atoms with Crippen LogP contribution in [0.4, 0.5) is 0 Å². The van der Waals surface area contributed by atoms with E-state index in [4.69, 9.17) is 16.3 Å². The molecule has 3 aliphatic rings. The Kier molecular flexibility index (Phi) is 4.72. The Balaban J connectivity index is 1.42. The molecule has 2 heteroatoms. The van der Waals surface area contributed by atoms with Crippen LogP contribution in [0.5, 0.6) is 11.5 Å².